The third-order valence-corrected chi connectivity index (χ3v) is 9.01. The van der Waals surface area contributed by atoms with Gasteiger partial charge in [-0.1, -0.05) is 91.0 Å². The van der Waals surface area contributed by atoms with E-state index in [0.29, 0.717) is 24.3 Å². The van der Waals surface area contributed by atoms with Gasteiger partial charge in [0.15, 0.2) is 6.61 Å². The van der Waals surface area contributed by atoms with E-state index in [9.17, 15) is 14.4 Å². The summed E-state index contributed by atoms with van der Waals surface area (Å²) in [6.07, 6.45) is 0.736. The summed E-state index contributed by atoms with van der Waals surface area (Å²) >= 11 is 0. The van der Waals surface area contributed by atoms with Gasteiger partial charge in [0.05, 0.1) is 11.3 Å². The molecule has 50 heavy (non-hydrogen) atoms. The van der Waals surface area contributed by atoms with Crippen molar-refractivity contribution in [3.8, 4) is 22.7 Å². The Morgan fingerprint density at radius 1 is 0.820 bits per heavy atom. The Morgan fingerprint density at radius 2 is 1.48 bits per heavy atom. The van der Waals surface area contributed by atoms with Crippen LogP contribution in [0.4, 0.5) is 0 Å². The molecule has 1 atom stereocenters. The lowest BCUT2D eigenvalue weighted by Gasteiger charge is -2.42. The van der Waals surface area contributed by atoms with Crippen LogP contribution in [0.3, 0.4) is 0 Å². The van der Waals surface area contributed by atoms with Crippen molar-refractivity contribution in [3.05, 3.63) is 144 Å². The van der Waals surface area contributed by atoms with Gasteiger partial charge in [0.2, 0.25) is 5.91 Å². The average Bonchev–Trinajstić information content (AvgIpc) is 3.49. The van der Waals surface area contributed by atoms with Crippen LogP contribution in [0.25, 0.3) is 16.9 Å². The quantitative estimate of drug-likeness (QED) is 0.175. The third kappa shape index (κ3) is 8.48. The van der Waals surface area contributed by atoms with E-state index in [2.05, 4.69) is 75.1 Å². The summed E-state index contributed by atoms with van der Waals surface area (Å²) in [7, 11) is 0. The molecule has 1 saturated heterocycles. The lowest BCUT2D eigenvalue weighted by Crippen LogP contribution is -2.55. The summed E-state index contributed by atoms with van der Waals surface area (Å²) in [4.78, 5) is 42.3. The number of hydrogen-bond donors (Lipinski definition) is 2. The summed E-state index contributed by atoms with van der Waals surface area (Å²) in [5, 5.41) is 2.62. The number of nitrogens with zero attached hydrogens (tertiary/aromatic N) is 3. The van der Waals surface area contributed by atoms with Crippen LogP contribution in [0.15, 0.2) is 121 Å². The number of hydrogen-bond acceptors (Lipinski definition) is 5. The van der Waals surface area contributed by atoms with E-state index < -0.39 is 5.91 Å². The molecular weight excluding hydrogens is 626 g/mol. The van der Waals surface area contributed by atoms with E-state index in [1.165, 1.54) is 5.56 Å². The first-order valence-corrected chi connectivity index (χ1v) is 17.0. The summed E-state index contributed by atoms with van der Waals surface area (Å²) in [5.74, 6) is -0.212. The summed E-state index contributed by atoms with van der Waals surface area (Å²) in [6, 6.07) is 40.4. The zero-order valence-corrected chi connectivity index (χ0v) is 28.3. The second kappa shape index (κ2) is 16.2. The molecule has 6 rings (SSSR count). The Morgan fingerprint density at radius 3 is 2.16 bits per heavy atom. The number of aromatic nitrogens is 1. The van der Waals surface area contributed by atoms with E-state index >= 15 is 0 Å². The SMILES string of the molecule is Cc1cc(C(=O)N2CCN(Cc3ccccc3)CC2Cc2ccc(OCC(=O)NCCC(N)=O)cc2)c(-c2ccccc2)n1-c1ccccc1. The number of carbonyl (C=O) groups excluding carboxylic acids is 3. The molecule has 1 unspecified atom stereocenters. The van der Waals surface area contributed by atoms with Crippen LogP contribution in [0, 0.1) is 6.92 Å². The molecule has 0 spiro atoms. The van der Waals surface area contributed by atoms with Gasteiger partial charge in [-0.25, -0.2) is 0 Å². The molecule has 0 radical (unpaired) electrons. The minimum atomic E-state index is -0.472. The van der Waals surface area contributed by atoms with Gasteiger partial charge in [-0.05, 0) is 60.4 Å². The molecule has 1 aromatic heterocycles. The predicted octanol–water partition coefficient (Wildman–Crippen LogP) is 5.39. The first-order valence-electron chi connectivity index (χ1n) is 17.0. The van der Waals surface area contributed by atoms with Crippen LogP contribution in [-0.2, 0) is 22.6 Å². The zero-order valence-electron chi connectivity index (χ0n) is 28.3. The van der Waals surface area contributed by atoms with E-state index in [-0.39, 0.29) is 37.4 Å². The second-order valence-electron chi connectivity index (χ2n) is 12.7. The van der Waals surface area contributed by atoms with Crippen LogP contribution in [0.1, 0.15) is 33.6 Å². The molecule has 2 heterocycles. The molecule has 3 N–H and O–H groups in total. The number of para-hydroxylation sites is 1. The Kier molecular flexibility index (Phi) is 11.0. The molecule has 1 aliphatic rings. The van der Waals surface area contributed by atoms with Crippen molar-refractivity contribution >= 4 is 17.7 Å². The van der Waals surface area contributed by atoms with Crippen molar-refractivity contribution in [3.63, 3.8) is 0 Å². The first kappa shape index (κ1) is 34.2. The van der Waals surface area contributed by atoms with Gasteiger partial charge in [0.25, 0.3) is 11.8 Å². The largest absolute Gasteiger partial charge is 0.484 e. The van der Waals surface area contributed by atoms with Gasteiger partial charge in [-0.15, -0.1) is 0 Å². The highest BCUT2D eigenvalue weighted by atomic mass is 16.5. The maximum Gasteiger partial charge on any atom is 0.257 e. The number of primary amides is 1. The highest BCUT2D eigenvalue weighted by Crippen LogP contribution is 2.33. The van der Waals surface area contributed by atoms with Crippen molar-refractivity contribution in [2.75, 3.05) is 32.8 Å². The van der Waals surface area contributed by atoms with Crippen molar-refractivity contribution in [2.45, 2.75) is 32.4 Å². The number of ether oxygens (including phenoxy) is 1. The summed E-state index contributed by atoms with van der Waals surface area (Å²) in [5.41, 5.74) is 12.0. The number of carbonyl (C=O) groups is 3. The van der Waals surface area contributed by atoms with Gasteiger partial charge in [-0.2, -0.15) is 0 Å². The minimum Gasteiger partial charge on any atom is -0.484 e. The fourth-order valence-electron chi connectivity index (χ4n) is 6.61. The first-order chi connectivity index (χ1) is 24.4. The van der Waals surface area contributed by atoms with Crippen molar-refractivity contribution in [2.24, 2.45) is 5.73 Å². The molecule has 3 amide bonds. The van der Waals surface area contributed by atoms with Crippen LogP contribution >= 0.6 is 0 Å². The highest BCUT2D eigenvalue weighted by Gasteiger charge is 2.34. The number of piperazine rings is 1. The van der Waals surface area contributed by atoms with E-state index in [1.807, 2.05) is 72.8 Å². The molecule has 256 valence electrons. The van der Waals surface area contributed by atoms with Crippen LogP contribution in [0.2, 0.25) is 0 Å². The predicted molar refractivity (Wildman–Crippen MR) is 195 cm³/mol. The molecule has 9 nitrogen and oxygen atoms in total. The van der Waals surface area contributed by atoms with E-state index in [4.69, 9.17) is 10.5 Å². The fourth-order valence-corrected chi connectivity index (χ4v) is 6.61. The van der Waals surface area contributed by atoms with Crippen molar-refractivity contribution < 1.29 is 19.1 Å². The Hall–Kier alpha value is -5.67. The molecule has 5 aromatic rings. The van der Waals surface area contributed by atoms with Crippen molar-refractivity contribution in [1.29, 1.82) is 0 Å². The van der Waals surface area contributed by atoms with E-state index in [1.54, 1.807) is 0 Å². The van der Waals surface area contributed by atoms with Crippen molar-refractivity contribution in [1.82, 2.24) is 19.7 Å². The summed E-state index contributed by atoms with van der Waals surface area (Å²) < 4.78 is 7.85. The number of aryl methyl sites for hydroxylation is 1. The second-order valence-corrected chi connectivity index (χ2v) is 12.7. The maximum atomic E-state index is 14.8. The zero-order chi connectivity index (χ0) is 34.9. The molecule has 9 heteroatoms. The van der Waals surface area contributed by atoms with Crippen LogP contribution in [-0.4, -0.2) is 70.9 Å². The van der Waals surface area contributed by atoms with Crippen LogP contribution in [0.5, 0.6) is 5.75 Å². The molecule has 4 aromatic carbocycles. The average molecular weight is 670 g/mol. The smallest absolute Gasteiger partial charge is 0.257 e. The lowest BCUT2D eigenvalue weighted by molar-refractivity contribution is -0.123. The van der Waals surface area contributed by atoms with Crippen LogP contribution < -0.4 is 15.8 Å². The molecular formula is C41H43N5O4. The Bertz CT molecular complexity index is 1890. The minimum absolute atomic E-state index is 0.0216. The monoisotopic (exact) mass is 669 g/mol. The number of rotatable bonds is 13. The van der Waals surface area contributed by atoms with E-state index in [0.717, 1.165) is 47.8 Å². The van der Waals surface area contributed by atoms with Gasteiger partial charge in [0.1, 0.15) is 5.75 Å². The molecule has 1 aliphatic heterocycles. The van der Waals surface area contributed by atoms with Gasteiger partial charge in [0, 0.05) is 56.6 Å². The normalized spacial score (nSPS) is 14.7. The number of nitrogens with one attached hydrogen (secondary N) is 1. The Balaban J connectivity index is 1.25. The molecule has 0 bridgehead atoms. The standard InChI is InChI=1S/C41H43N5O4/c1-30-25-37(40(33-13-7-3-8-14-33)46(30)34-15-9-4-10-16-34)41(49)45-24-23-44(27-32-11-5-2-6-12-32)28-35(45)26-31-17-19-36(20-18-31)50-29-39(48)43-22-21-38(42)47/h2-20,25,35H,21-24,26-29H2,1H3,(H2,42,47)(H,43,48). The number of amides is 3. The lowest BCUT2D eigenvalue weighted by atomic mass is 9.99. The molecule has 1 fully saturated rings. The Labute approximate surface area is 293 Å². The van der Waals surface area contributed by atoms with Gasteiger partial charge >= 0.3 is 0 Å². The fraction of sp³-hybridized carbons (Fsp3) is 0.244. The summed E-state index contributed by atoms with van der Waals surface area (Å²) in [6.45, 7) is 4.98. The topological polar surface area (TPSA) is 110 Å². The molecule has 0 saturated carbocycles. The highest BCUT2D eigenvalue weighted by molar-refractivity contribution is 6.01. The van der Waals surface area contributed by atoms with Gasteiger partial charge < -0.3 is 25.3 Å². The number of benzene rings is 4. The maximum absolute atomic E-state index is 14.8. The van der Waals surface area contributed by atoms with Gasteiger partial charge in [-0.3, -0.25) is 19.3 Å². The number of nitrogens with two attached hydrogens (primary N) is 1. The third-order valence-electron chi connectivity index (χ3n) is 9.01. The molecule has 0 aliphatic carbocycles.